The molecule has 2 heterocycles. The lowest BCUT2D eigenvalue weighted by atomic mass is 10.0. The largest absolute Gasteiger partial charge is 0.490 e. The molecule has 1 amide bonds. The third-order valence-corrected chi connectivity index (χ3v) is 8.51. The Bertz CT molecular complexity index is 1170. The predicted molar refractivity (Wildman–Crippen MR) is 115 cm³/mol. The molecule has 1 saturated heterocycles. The molecule has 170 valence electrons. The number of sulfonamides is 1. The van der Waals surface area contributed by atoms with Crippen molar-refractivity contribution in [3.63, 3.8) is 0 Å². The zero-order chi connectivity index (χ0) is 22.5. The molecule has 2 fully saturated rings. The molecule has 2 aromatic carbocycles. The van der Waals surface area contributed by atoms with E-state index in [9.17, 15) is 22.0 Å². The van der Waals surface area contributed by atoms with E-state index in [2.05, 4.69) is 5.32 Å². The van der Waals surface area contributed by atoms with Gasteiger partial charge in [0.2, 0.25) is 15.9 Å². The molecule has 1 aliphatic carbocycles. The molecule has 0 radical (unpaired) electrons. The van der Waals surface area contributed by atoms with Crippen molar-refractivity contribution in [3.8, 4) is 16.9 Å². The number of carbonyl (C=O) groups is 1. The lowest BCUT2D eigenvalue weighted by Gasteiger charge is -2.39. The van der Waals surface area contributed by atoms with E-state index in [1.54, 1.807) is 18.2 Å². The Morgan fingerprint density at radius 2 is 1.88 bits per heavy atom. The number of piperazine rings is 1. The number of nitrogens with zero attached hydrogens (tertiary/aromatic N) is 2. The van der Waals surface area contributed by atoms with Crippen molar-refractivity contribution < 1.29 is 26.7 Å². The van der Waals surface area contributed by atoms with Crippen molar-refractivity contribution in [1.29, 1.82) is 0 Å². The highest BCUT2D eigenvalue weighted by Crippen LogP contribution is 2.35. The summed E-state index contributed by atoms with van der Waals surface area (Å²) in [6.45, 7) is 1.38. The summed E-state index contributed by atoms with van der Waals surface area (Å²) < 4.78 is 60.3. The van der Waals surface area contributed by atoms with Crippen LogP contribution in [0.2, 0.25) is 0 Å². The summed E-state index contributed by atoms with van der Waals surface area (Å²) in [7, 11) is -3.30. The average Bonchev–Trinajstić information content (AvgIpc) is 3.59. The van der Waals surface area contributed by atoms with Gasteiger partial charge in [0, 0.05) is 31.3 Å². The van der Waals surface area contributed by atoms with E-state index in [-0.39, 0.29) is 42.5 Å². The molecule has 32 heavy (non-hydrogen) atoms. The summed E-state index contributed by atoms with van der Waals surface area (Å²) >= 11 is 0. The zero-order valence-corrected chi connectivity index (χ0v) is 18.1. The van der Waals surface area contributed by atoms with Gasteiger partial charge in [-0.15, -0.1) is 0 Å². The fourth-order valence-electron chi connectivity index (χ4n) is 4.24. The first-order valence-corrected chi connectivity index (χ1v) is 12.1. The van der Waals surface area contributed by atoms with Crippen LogP contribution in [0.5, 0.6) is 5.75 Å². The Labute approximate surface area is 185 Å². The van der Waals surface area contributed by atoms with Crippen molar-refractivity contribution >= 4 is 21.6 Å². The third kappa shape index (κ3) is 4.10. The maximum absolute atomic E-state index is 14.2. The molecule has 7 nitrogen and oxygen atoms in total. The first kappa shape index (κ1) is 21.3. The molecule has 5 rings (SSSR count). The van der Waals surface area contributed by atoms with Crippen LogP contribution in [0.3, 0.4) is 0 Å². The van der Waals surface area contributed by atoms with Crippen LogP contribution >= 0.6 is 0 Å². The van der Waals surface area contributed by atoms with Gasteiger partial charge < -0.3 is 10.1 Å². The summed E-state index contributed by atoms with van der Waals surface area (Å²) in [6, 6.07) is 7.94. The first-order chi connectivity index (χ1) is 15.3. The normalized spacial score (nSPS) is 22.6. The topological polar surface area (TPSA) is 79.0 Å². The Kier molecular flexibility index (Phi) is 5.39. The molecule has 1 atom stereocenters. The number of hydrogen-bond acceptors (Lipinski definition) is 5. The van der Waals surface area contributed by atoms with Gasteiger partial charge in [0.1, 0.15) is 24.0 Å². The average molecular weight is 464 g/mol. The summed E-state index contributed by atoms with van der Waals surface area (Å²) in [5.41, 5.74) is 1.07. The fraction of sp³-hybridized carbons (Fsp3) is 0.409. The van der Waals surface area contributed by atoms with Crippen LogP contribution in [-0.4, -0.2) is 67.6 Å². The summed E-state index contributed by atoms with van der Waals surface area (Å²) in [6.07, 6.45) is 1.41. The van der Waals surface area contributed by atoms with Crippen LogP contribution < -0.4 is 10.1 Å². The van der Waals surface area contributed by atoms with Crippen LogP contribution in [0.15, 0.2) is 36.4 Å². The van der Waals surface area contributed by atoms with Crippen molar-refractivity contribution in [2.24, 2.45) is 0 Å². The Hall–Kier alpha value is -2.56. The molecule has 0 aromatic heterocycles. The van der Waals surface area contributed by atoms with E-state index in [1.165, 1.54) is 16.4 Å². The second-order valence-electron chi connectivity index (χ2n) is 8.42. The molecule has 2 aromatic rings. The van der Waals surface area contributed by atoms with Gasteiger partial charge in [-0.25, -0.2) is 17.2 Å². The summed E-state index contributed by atoms with van der Waals surface area (Å²) in [5.74, 6) is -1.22. The zero-order valence-electron chi connectivity index (χ0n) is 17.3. The van der Waals surface area contributed by atoms with E-state index < -0.39 is 21.7 Å². The lowest BCUT2D eigenvalue weighted by molar-refractivity contribution is -0.118. The first-order valence-electron chi connectivity index (χ1n) is 10.6. The summed E-state index contributed by atoms with van der Waals surface area (Å²) in [4.78, 5) is 14.6. The van der Waals surface area contributed by atoms with Gasteiger partial charge in [0.25, 0.3) is 0 Å². The number of hydrogen-bond donors (Lipinski definition) is 1. The molecule has 0 spiro atoms. The highest BCUT2D eigenvalue weighted by molar-refractivity contribution is 7.90. The minimum absolute atomic E-state index is 0.0971. The predicted octanol–water partition coefficient (Wildman–Crippen LogP) is 2.44. The molecule has 1 saturated carbocycles. The van der Waals surface area contributed by atoms with E-state index in [4.69, 9.17) is 4.74 Å². The standard InChI is InChI=1S/C22H23F2N3O4S/c23-15-2-5-18(19(24)10-15)14-1-6-21-20(9-14)25-22(28)12-26-7-8-27(11-16(26)13-31-21)32(29,30)17-3-4-17/h1-2,5-6,9-10,16-17H,3-4,7-8,11-13H2,(H,25,28)/t16-/m1/s1. The molecular weight excluding hydrogens is 440 g/mol. The molecule has 10 heteroatoms. The monoisotopic (exact) mass is 463 g/mol. The van der Waals surface area contributed by atoms with Crippen molar-refractivity contribution in [1.82, 2.24) is 9.21 Å². The number of halogens is 2. The Balaban J connectivity index is 1.40. The van der Waals surface area contributed by atoms with Gasteiger partial charge in [-0.1, -0.05) is 6.07 Å². The SMILES string of the molecule is O=C1CN2CCN(S(=O)(=O)C3CC3)C[C@@H]2COc2ccc(-c3ccc(F)cc3F)cc2N1. The number of benzene rings is 2. The molecule has 0 bridgehead atoms. The Morgan fingerprint density at radius 1 is 1.06 bits per heavy atom. The number of carbonyl (C=O) groups excluding carboxylic acids is 1. The number of nitrogens with one attached hydrogen (secondary N) is 1. The van der Waals surface area contributed by atoms with Gasteiger partial charge >= 0.3 is 0 Å². The van der Waals surface area contributed by atoms with E-state index in [0.717, 1.165) is 6.07 Å². The van der Waals surface area contributed by atoms with Crippen LogP contribution in [0, 0.1) is 11.6 Å². The van der Waals surface area contributed by atoms with Gasteiger partial charge in [0.15, 0.2) is 0 Å². The van der Waals surface area contributed by atoms with Gasteiger partial charge in [-0.3, -0.25) is 9.69 Å². The van der Waals surface area contributed by atoms with Crippen molar-refractivity contribution in [2.75, 3.05) is 38.1 Å². The van der Waals surface area contributed by atoms with Crippen LogP contribution in [-0.2, 0) is 14.8 Å². The minimum atomic E-state index is -3.30. The van der Waals surface area contributed by atoms with Gasteiger partial charge in [0.05, 0.1) is 23.5 Å². The third-order valence-electron chi connectivity index (χ3n) is 6.15. The summed E-state index contributed by atoms with van der Waals surface area (Å²) in [5, 5.41) is 2.53. The van der Waals surface area contributed by atoms with E-state index in [1.807, 2.05) is 4.90 Å². The fourth-order valence-corrected chi connectivity index (χ4v) is 6.11. The van der Waals surface area contributed by atoms with Crippen LogP contribution in [0.4, 0.5) is 14.5 Å². The van der Waals surface area contributed by atoms with Crippen LogP contribution in [0.25, 0.3) is 11.1 Å². The number of anilines is 1. The number of rotatable bonds is 3. The minimum Gasteiger partial charge on any atom is -0.490 e. The molecular formula is C22H23F2N3O4S. The van der Waals surface area contributed by atoms with Gasteiger partial charge in [-0.2, -0.15) is 4.31 Å². The smallest absolute Gasteiger partial charge is 0.238 e. The number of amides is 1. The molecule has 3 aliphatic rings. The lowest BCUT2D eigenvalue weighted by Crippen LogP contribution is -2.58. The molecule has 1 N–H and O–H groups in total. The second-order valence-corrected chi connectivity index (χ2v) is 10.6. The van der Waals surface area contributed by atoms with Crippen molar-refractivity contribution in [3.05, 3.63) is 48.0 Å². The molecule has 2 aliphatic heterocycles. The Morgan fingerprint density at radius 3 is 2.62 bits per heavy atom. The van der Waals surface area contributed by atoms with E-state index in [0.29, 0.717) is 42.9 Å². The van der Waals surface area contributed by atoms with Crippen molar-refractivity contribution in [2.45, 2.75) is 24.1 Å². The van der Waals surface area contributed by atoms with E-state index >= 15 is 0 Å². The highest BCUT2D eigenvalue weighted by atomic mass is 32.2. The quantitative estimate of drug-likeness (QED) is 0.757. The maximum atomic E-state index is 14.2. The van der Waals surface area contributed by atoms with Gasteiger partial charge in [-0.05, 0) is 42.7 Å². The second kappa shape index (κ2) is 8.09. The molecule has 0 unspecified atom stereocenters. The number of fused-ring (bicyclic) bond motifs is 2. The highest BCUT2D eigenvalue weighted by Gasteiger charge is 2.43. The maximum Gasteiger partial charge on any atom is 0.238 e. The number of ether oxygens (including phenoxy) is 1. The van der Waals surface area contributed by atoms with Crippen LogP contribution in [0.1, 0.15) is 12.8 Å².